The largest absolute Gasteiger partial charge is 0.373 e. The number of nitrogens with zero attached hydrogens (tertiary/aromatic N) is 3. The van der Waals surface area contributed by atoms with Gasteiger partial charge in [-0.2, -0.15) is 5.10 Å². The highest BCUT2D eigenvalue weighted by atomic mass is 35.5. The molecule has 1 amide bonds. The van der Waals surface area contributed by atoms with E-state index in [2.05, 4.69) is 20.7 Å². The maximum atomic E-state index is 12.0. The second-order valence-corrected chi connectivity index (χ2v) is 3.93. The molecule has 0 spiro atoms. The zero-order chi connectivity index (χ0) is 13.1. The van der Waals surface area contributed by atoms with Crippen LogP contribution in [0.25, 0.3) is 0 Å². The topological polar surface area (TPSA) is 71.8 Å². The van der Waals surface area contributed by atoms with Crippen LogP contribution in [0.1, 0.15) is 16.2 Å². The van der Waals surface area contributed by atoms with Gasteiger partial charge in [0.2, 0.25) is 0 Å². The molecule has 19 heavy (non-hydrogen) atoms. The van der Waals surface area contributed by atoms with E-state index in [1.807, 2.05) is 6.92 Å². The summed E-state index contributed by atoms with van der Waals surface area (Å²) in [5, 5.41) is 9.82. The van der Waals surface area contributed by atoms with Crippen molar-refractivity contribution in [3.63, 3.8) is 0 Å². The number of aryl methyl sites for hydroxylation is 2. The summed E-state index contributed by atoms with van der Waals surface area (Å²) in [5.41, 5.74) is 1.98. The first-order valence-electron chi connectivity index (χ1n) is 5.56. The molecule has 0 aliphatic rings. The van der Waals surface area contributed by atoms with Crippen LogP contribution in [0.2, 0.25) is 0 Å². The predicted molar refractivity (Wildman–Crippen MR) is 76.9 cm³/mol. The molecule has 6 nitrogen and oxygen atoms in total. The fourth-order valence-corrected chi connectivity index (χ4v) is 1.63. The van der Waals surface area contributed by atoms with Gasteiger partial charge in [-0.1, -0.05) is 0 Å². The normalized spacial score (nSPS) is 9.63. The average molecular weight is 282 g/mol. The van der Waals surface area contributed by atoms with Crippen molar-refractivity contribution >= 4 is 29.8 Å². The molecule has 0 unspecified atom stereocenters. The first kappa shape index (κ1) is 15.0. The summed E-state index contributed by atoms with van der Waals surface area (Å²) < 4.78 is 1.56. The maximum Gasteiger partial charge on any atom is 0.273 e. The molecule has 2 N–H and O–H groups in total. The third-order valence-corrected chi connectivity index (χ3v) is 2.51. The predicted octanol–water partition coefficient (Wildman–Crippen LogP) is 1.84. The number of nitrogens with one attached hydrogen (secondary N) is 2. The van der Waals surface area contributed by atoms with Gasteiger partial charge >= 0.3 is 0 Å². The Kier molecular flexibility index (Phi) is 4.88. The second kappa shape index (κ2) is 6.19. The minimum Gasteiger partial charge on any atom is -0.373 e. The third kappa shape index (κ3) is 3.45. The van der Waals surface area contributed by atoms with Gasteiger partial charge in [-0.05, 0) is 25.1 Å². The van der Waals surface area contributed by atoms with E-state index < -0.39 is 0 Å². The number of rotatable bonds is 3. The molecule has 0 aliphatic heterocycles. The zero-order valence-corrected chi connectivity index (χ0v) is 11.8. The number of hydrogen-bond acceptors (Lipinski definition) is 4. The molecule has 0 saturated carbocycles. The molecule has 0 saturated heterocycles. The van der Waals surface area contributed by atoms with E-state index in [1.165, 1.54) is 0 Å². The summed E-state index contributed by atoms with van der Waals surface area (Å²) in [4.78, 5) is 16.1. The maximum absolute atomic E-state index is 12.0. The molecule has 0 atom stereocenters. The van der Waals surface area contributed by atoms with Crippen molar-refractivity contribution in [3.05, 3.63) is 35.8 Å². The molecule has 0 bridgehead atoms. The van der Waals surface area contributed by atoms with Crippen LogP contribution in [0.3, 0.4) is 0 Å². The molecule has 0 aromatic carbocycles. The zero-order valence-electron chi connectivity index (χ0n) is 11.0. The number of carbonyl (C=O) groups excluding carboxylic acids is 1. The second-order valence-electron chi connectivity index (χ2n) is 3.93. The Morgan fingerprint density at radius 3 is 2.58 bits per heavy atom. The lowest BCUT2D eigenvalue weighted by Crippen LogP contribution is -2.16. The smallest absolute Gasteiger partial charge is 0.273 e. The van der Waals surface area contributed by atoms with E-state index in [1.54, 1.807) is 43.2 Å². The van der Waals surface area contributed by atoms with Gasteiger partial charge in [-0.15, -0.1) is 12.4 Å². The fraction of sp³-hybridized carbons (Fsp3) is 0.250. The van der Waals surface area contributed by atoms with Crippen LogP contribution in [0.5, 0.6) is 0 Å². The molecule has 0 radical (unpaired) electrons. The van der Waals surface area contributed by atoms with Crippen LogP contribution in [0, 0.1) is 6.92 Å². The van der Waals surface area contributed by atoms with E-state index in [4.69, 9.17) is 0 Å². The van der Waals surface area contributed by atoms with Gasteiger partial charge in [0.1, 0.15) is 11.5 Å². The van der Waals surface area contributed by atoms with Crippen LogP contribution in [0.15, 0.2) is 24.4 Å². The van der Waals surface area contributed by atoms with Crippen molar-refractivity contribution in [2.75, 3.05) is 17.7 Å². The molecular formula is C12H16ClN5O. The number of amides is 1. The highest BCUT2D eigenvalue weighted by molar-refractivity contribution is 6.03. The third-order valence-electron chi connectivity index (χ3n) is 2.51. The molecule has 2 rings (SSSR count). The van der Waals surface area contributed by atoms with E-state index >= 15 is 0 Å². The Morgan fingerprint density at radius 1 is 1.37 bits per heavy atom. The molecular weight excluding hydrogens is 266 g/mol. The Balaban J connectivity index is 0.00000180. The molecule has 2 aromatic rings. The minimum absolute atomic E-state index is 0. The number of carbonyl (C=O) groups is 1. The highest BCUT2D eigenvalue weighted by Crippen LogP contribution is 2.11. The molecule has 0 fully saturated rings. The number of aromatic nitrogens is 3. The van der Waals surface area contributed by atoms with E-state index in [-0.39, 0.29) is 18.3 Å². The summed E-state index contributed by atoms with van der Waals surface area (Å²) in [7, 11) is 3.53. The van der Waals surface area contributed by atoms with Gasteiger partial charge < -0.3 is 10.6 Å². The van der Waals surface area contributed by atoms with Gasteiger partial charge in [0.25, 0.3) is 5.91 Å². The minimum atomic E-state index is -0.197. The van der Waals surface area contributed by atoms with Crippen LogP contribution < -0.4 is 10.6 Å². The summed E-state index contributed by atoms with van der Waals surface area (Å²) in [6.45, 7) is 1.85. The molecule has 0 aliphatic carbocycles. The van der Waals surface area contributed by atoms with E-state index in [9.17, 15) is 4.79 Å². The van der Waals surface area contributed by atoms with Gasteiger partial charge in [0, 0.05) is 14.1 Å². The van der Waals surface area contributed by atoms with Crippen LogP contribution in [-0.2, 0) is 7.05 Å². The summed E-state index contributed by atoms with van der Waals surface area (Å²) in [5.74, 6) is 0.557. The Hall–Kier alpha value is -2.08. The SMILES string of the molecule is CNc1ccc(NC(=O)c2cc(C)nn2C)cn1.Cl. The lowest BCUT2D eigenvalue weighted by atomic mass is 10.3. The fourth-order valence-electron chi connectivity index (χ4n) is 1.63. The van der Waals surface area contributed by atoms with Crippen molar-refractivity contribution in [1.29, 1.82) is 0 Å². The number of hydrogen-bond donors (Lipinski definition) is 2. The van der Waals surface area contributed by atoms with Gasteiger partial charge in [0.05, 0.1) is 17.6 Å². The van der Waals surface area contributed by atoms with E-state index in [0.717, 1.165) is 11.5 Å². The van der Waals surface area contributed by atoms with Crippen molar-refractivity contribution in [2.45, 2.75) is 6.92 Å². The number of halogens is 1. The molecule has 7 heteroatoms. The van der Waals surface area contributed by atoms with Crippen molar-refractivity contribution < 1.29 is 4.79 Å². The summed E-state index contributed by atoms with van der Waals surface area (Å²) in [6, 6.07) is 5.33. The highest BCUT2D eigenvalue weighted by Gasteiger charge is 2.11. The molecule has 102 valence electrons. The van der Waals surface area contributed by atoms with Gasteiger partial charge in [-0.25, -0.2) is 4.98 Å². The average Bonchev–Trinajstić information content (AvgIpc) is 2.69. The van der Waals surface area contributed by atoms with Crippen molar-refractivity contribution in [2.24, 2.45) is 7.05 Å². The quantitative estimate of drug-likeness (QED) is 0.900. The first-order valence-corrected chi connectivity index (χ1v) is 5.56. The number of anilines is 2. The summed E-state index contributed by atoms with van der Waals surface area (Å²) in [6.07, 6.45) is 1.60. The van der Waals surface area contributed by atoms with Gasteiger partial charge in [-0.3, -0.25) is 9.48 Å². The number of pyridine rings is 1. The van der Waals surface area contributed by atoms with Crippen LogP contribution >= 0.6 is 12.4 Å². The Bertz CT molecular complexity index is 564. The Labute approximate surface area is 117 Å². The van der Waals surface area contributed by atoms with Crippen molar-refractivity contribution in [1.82, 2.24) is 14.8 Å². The lowest BCUT2D eigenvalue weighted by molar-refractivity contribution is 0.101. The van der Waals surface area contributed by atoms with Crippen molar-refractivity contribution in [3.8, 4) is 0 Å². The lowest BCUT2D eigenvalue weighted by Gasteiger charge is -2.05. The monoisotopic (exact) mass is 281 g/mol. The standard InChI is InChI=1S/C12H15N5O.ClH/c1-8-6-10(17(3)16-8)12(18)15-9-4-5-11(13-2)14-7-9;/h4-7H,1-3H3,(H,13,14)(H,15,18);1H. The Morgan fingerprint density at radius 2 is 2.11 bits per heavy atom. The van der Waals surface area contributed by atoms with Crippen LogP contribution in [-0.4, -0.2) is 27.7 Å². The van der Waals surface area contributed by atoms with Gasteiger partial charge in [0.15, 0.2) is 0 Å². The van der Waals surface area contributed by atoms with Crippen LogP contribution in [0.4, 0.5) is 11.5 Å². The van der Waals surface area contributed by atoms with E-state index in [0.29, 0.717) is 11.4 Å². The summed E-state index contributed by atoms with van der Waals surface area (Å²) >= 11 is 0. The molecule has 2 heterocycles. The first-order chi connectivity index (χ1) is 8.60. The molecule has 2 aromatic heterocycles.